The molecule has 0 heterocycles. The molecule has 0 aliphatic carbocycles. The van der Waals surface area contributed by atoms with Crippen molar-refractivity contribution in [2.75, 3.05) is 0 Å². The van der Waals surface area contributed by atoms with Crippen molar-refractivity contribution in [2.24, 2.45) is 0 Å². The Morgan fingerprint density at radius 2 is 2.05 bits per heavy atom. The minimum atomic E-state index is -1.02. The Balaban J connectivity index is 2.34. The van der Waals surface area contributed by atoms with Gasteiger partial charge >= 0.3 is 5.97 Å². The van der Waals surface area contributed by atoms with E-state index in [4.69, 9.17) is 15.1 Å². The maximum atomic E-state index is 10.9. The first-order valence-electron chi connectivity index (χ1n) is 5.62. The van der Waals surface area contributed by atoms with Crippen molar-refractivity contribution in [2.45, 2.75) is 6.92 Å². The summed E-state index contributed by atoms with van der Waals surface area (Å²) in [4.78, 5) is 10.9. The first-order valence-corrected chi connectivity index (χ1v) is 5.62. The summed E-state index contributed by atoms with van der Waals surface area (Å²) in [6, 6.07) is 13.4. The van der Waals surface area contributed by atoms with Gasteiger partial charge in [-0.2, -0.15) is 5.26 Å². The molecule has 0 amide bonds. The van der Waals surface area contributed by atoms with Crippen LogP contribution in [0.5, 0.6) is 11.5 Å². The Labute approximate surface area is 110 Å². The van der Waals surface area contributed by atoms with Crippen molar-refractivity contribution < 1.29 is 14.6 Å². The minimum absolute atomic E-state index is 0.142. The number of carbonyl (C=O) groups is 1. The average molecular weight is 253 g/mol. The van der Waals surface area contributed by atoms with Gasteiger partial charge in [-0.15, -0.1) is 0 Å². The maximum Gasteiger partial charge on any atom is 0.335 e. The van der Waals surface area contributed by atoms with Gasteiger partial charge in [0.05, 0.1) is 11.1 Å². The lowest BCUT2D eigenvalue weighted by molar-refractivity contribution is 0.0696. The molecule has 0 spiro atoms. The summed E-state index contributed by atoms with van der Waals surface area (Å²) < 4.78 is 5.56. The molecule has 2 aromatic carbocycles. The van der Waals surface area contributed by atoms with Gasteiger partial charge in [-0.3, -0.25) is 0 Å². The largest absolute Gasteiger partial charge is 0.478 e. The Kier molecular flexibility index (Phi) is 3.48. The predicted molar refractivity (Wildman–Crippen MR) is 69.4 cm³/mol. The molecule has 0 unspecified atom stereocenters. The Morgan fingerprint density at radius 3 is 2.74 bits per heavy atom. The van der Waals surface area contributed by atoms with Crippen molar-refractivity contribution in [3.8, 4) is 17.6 Å². The molecule has 4 nitrogen and oxygen atoms in total. The van der Waals surface area contributed by atoms with E-state index in [1.807, 2.05) is 13.0 Å². The highest BCUT2D eigenvalue weighted by molar-refractivity contribution is 5.88. The molecule has 0 radical (unpaired) electrons. The topological polar surface area (TPSA) is 70.3 Å². The zero-order valence-electron chi connectivity index (χ0n) is 10.3. The molecule has 0 bridgehead atoms. The molecule has 4 heteroatoms. The molecule has 1 N–H and O–H groups in total. The minimum Gasteiger partial charge on any atom is -0.478 e. The van der Waals surface area contributed by atoms with Crippen LogP contribution in [0.25, 0.3) is 0 Å². The highest BCUT2D eigenvalue weighted by Crippen LogP contribution is 2.26. The smallest absolute Gasteiger partial charge is 0.335 e. The summed E-state index contributed by atoms with van der Waals surface area (Å²) in [5, 5.41) is 17.9. The molecule has 0 aromatic heterocycles. The number of benzene rings is 2. The second-order valence-electron chi connectivity index (χ2n) is 4.05. The molecule has 0 saturated heterocycles. The van der Waals surface area contributed by atoms with Crippen LogP contribution in [0.1, 0.15) is 21.5 Å². The number of aromatic carboxylic acids is 1. The van der Waals surface area contributed by atoms with Gasteiger partial charge in [0.1, 0.15) is 17.6 Å². The number of rotatable bonds is 3. The molecule has 0 aliphatic heterocycles. The summed E-state index contributed by atoms with van der Waals surface area (Å²) in [7, 11) is 0. The van der Waals surface area contributed by atoms with Crippen LogP contribution in [0.3, 0.4) is 0 Å². The average Bonchev–Trinajstić information content (AvgIpc) is 2.41. The first-order chi connectivity index (χ1) is 9.10. The number of nitrogens with zero attached hydrogens (tertiary/aromatic N) is 1. The molecule has 0 atom stereocenters. The van der Waals surface area contributed by atoms with E-state index in [2.05, 4.69) is 6.07 Å². The van der Waals surface area contributed by atoms with E-state index in [-0.39, 0.29) is 5.56 Å². The van der Waals surface area contributed by atoms with E-state index in [0.717, 1.165) is 5.56 Å². The second-order valence-corrected chi connectivity index (χ2v) is 4.05. The zero-order valence-corrected chi connectivity index (χ0v) is 10.3. The standard InChI is InChI=1S/C15H11NO3/c1-10-5-6-14(12(7-10)9-16)19-13-4-2-3-11(8-13)15(17)18/h2-8H,1H3,(H,17,18). The fourth-order valence-electron chi connectivity index (χ4n) is 1.64. The van der Waals surface area contributed by atoms with E-state index in [1.54, 1.807) is 24.3 Å². The maximum absolute atomic E-state index is 10.9. The van der Waals surface area contributed by atoms with Crippen molar-refractivity contribution >= 4 is 5.97 Å². The zero-order chi connectivity index (χ0) is 13.8. The number of nitriles is 1. The van der Waals surface area contributed by atoms with Crippen molar-refractivity contribution in [1.82, 2.24) is 0 Å². The van der Waals surface area contributed by atoms with Crippen LogP contribution in [-0.4, -0.2) is 11.1 Å². The predicted octanol–water partition coefficient (Wildman–Crippen LogP) is 3.36. The number of hydrogen-bond acceptors (Lipinski definition) is 3. The van der Waals surface area contributed by atoms with Gasteiger partial charge in [0.2, 0.25) is 0 Å². The lowest BCUT2D eigenvalue weighted by atomic mass is 10.1. The summed E-state index contributed by atoms with van der Waals surface area (Å²) in [6.07, 6.45) is 0. The summed E-state index contributed by atoms with van der Waals surface area (Å²) in [5.74, 6) is -0.217. The first kappa shape index (κ1) is 12.7. The molecule has 2 rings (SSSR count). The fourth-order valence-corrected chi connectivity index (χ4v) is 1.64. The summed E-state index contributed by atoms with van der Waals surface area (Å²) >= 11 is 0. The quantitative estimate of drug-likeness (QED) is 0.910. The van der Waals surface area contributed by atoms with Gasteiger partial charge < -0.3 is 9.84 Å². The summed E-state index contributed by atoms with van der Waals surface area (Å²) in [6.45, 7) is 1.88. The van der Waals surface area contributed by atoms with Crippen molar-refractivity contribution in [3.05, 3.63) is 59.2 Å². The number of hydrogen-bond donors (Lipinski definition) is 1. The normalized spacial score (nSPS) is 9.68. The van der Waals surface area contributed by atoms with Crippen LogP contribution in [0.4, 0.5) is 0 Å². The van der Waals surface area contributed by atoms with E-state index < -0.39 is 5.97 Å². The molecule has 94 valence electrons. The van der Waals surface area contributed by atoms with Crippen LogP contribution in [0.2, 0.25) is 0 Å². The SMILES string of the molecule is Cc1ccc(Oc2cccc(C(=O)O)c2)c(C#N)c1. The van der Waals surface area contributed by atoms with Crippen LogP contribution < -0.4 is 4.74 Å². The Morgan fingerprint density at radius 1 is 1.26 bits per heavy atom. The van der Waals surface area contributed by atoms with Crippen LogP contribution >= 0.6 is 0 Å². The Bertz CT molecular complexity index is 671. The highest BCUT2D eigenvalue weighted by atomic mass is 16.5. The molecule has 0 fully saturated rings. The van der Waals surface area contributed by atoms with Crippen LogP contribution in [0.15, 0.2) is 42.5 Å². The van der Waals surface area contributed by atoms with E-state index in [0.29, 0.717) is 17.1 Å². The number of ether oxygens (including phenoxy) is 1. The van der Waals surface area contributed by atoms with Gasteiger partial charge in [-0.25, -0.2) is 4.79 Å². The second kappa shape index (κ2) is 5.23. The Hall–Kier alpha value is -2.80. The van der Waals surface area contributed by atoms with Gasteiger partial charge in [0, 0.05) is 0 Å². The number of aryl methyl sites for hydroxylation is 1. The molecule has 0 aliphatic rings. The molecule has 19 heavy (non-hydrogen) atoms. The number of carboxylic acids is 1. The number of carboxylic acid groups (broad SMARTS) is 1. The monoisotopic (exact) mass is 253 g/mol. The summed E-state index contributed by atoms with van der Waals surface area (Å²) in [5.41, 5.74) is 1.52. The lowest BCUT2D eigenvalue weighted by Gasteiger charge is -2.08. The third-order valence-electron chi connectivity index (χ3n) is 2.56. The van der Waals surface area contributed by atoms with Gasteiger partial charge in [0.25, 0.3) is 0 Å². The third kappa shape index (κ3) is 2.90. The van der Waals surface area contributed by atoms with Crippen LogP contribution in [-0.2, 0) is 0 Å². The molecule has 0 saturated carbocycles. The molecule has 2 aromatic rings. The molecular formula is C15H11NO3. The third-order valence-corrected chi connectivity index (χ3v) is 2.56. The van der Waals surface area contributed by atoms with E-state index >= 15 is 0 Å². The fraction of sp³-hybridized carbons (Fsp3) is 0.0667. The van der Waals surface area contributed by atoms with E-state index in [9.17, 15) is 4.79 Å². The molecular weight excluding hydrogens is 242 g/mol. The van der Waals surface area contributed by atoms with Crippen LogP contribution in [0, 0.1) is 18.3 Å². The van der Waals surface area contributed by atoms with Gasteiger partial charge in [0.15, 0.2) is 0 Å². The van der Waals surface area contributed by atoms with E-state index in [1.165, 1.54) is 12.1 Å². The highest BCUT2D eigenvalue weighted by Gasteiger charge is 2.07. The van der Waals surface area contributed by atoms with Crippen molar-refractivity contribution in [3.63, 3.8) is 0 Å². The van der Waals surface area contributed by atoms with Crippen molar-refractivity contribution in [1.29, 1.82) is 5.26 Å². The van der Waals surface area contributed by atoms with Gasteiger partial charge in [-0.05, 0) is 42.8 Å². The van der Waals surface area contributed by atoms with Gasteiger partial charge in [-0.1, -0.05) is 12.1 Å². The lowest BCUT2D eigenvalue weighted by Crippen LogP contribution is -1.96.